The summed E-state index contributed by atoms with van der Waals surface area (Å²) in [6.07, 6.45) is 2.48. The molecule has 0 radical (unpaired) electrons. The van der Waals surface area contributed by atoms with Crippen LogP contribution in [-0.4, -0.2) is 40.8 Å². The molecule has 250 valence electrons. The number of ether oxygens (including phenoxy) is 1. The van der Waals surface area contributed by atoms with Gasteiger partial charge in [0.1, 0.15) is 24.1 Å². The van der Waals surface area contributed by atoms with Crippen LogP contribution in [0.5, 0.6) is 5.88 Å². The zero-order valence-corrected chi connectivity index (χ0v) is 26.9. The monoisotopic (exact) mass is 685 g/mol. The second-order valence-corrected chi connectivity index (χ2v) is 14.6. The number of sulfonamides is 1. The number of fused-ring (bicyclic) bond motifs is 1. The molecule has 2 aromatic heterocycles. The minimum atomic E-state index is -3.75. The predicted molar refractivity (Wildman–Crippen MR) is 175 cm³/mol. The molecule has 0 spiro atoms. The number of carbonyl (C=O) groups is 1. The molecular weight excluding hydrogens is 655 g/mol. The predicted octanol–water partition coefficient (Wildman–Crippen LogP) is 6.39. The number of amides is 1. The summed E-state index contributed by atoms with van der Waals surface area (Å²) in [6, 6.07) is 20.3. The second-order valence-electron chi connectivity index (χ2n) is 12.7. The third-order valence-electron chi connectivity index (χ3n) is 9.00. The number of nitrogens with one attached hydrogen (secondary N) is 1. The standard InChI is InChI=1S/C36H30F3N5O4S/c37-20-36(12-13-36)21-44-32-16-25(35(45)43-49(46,47)27-9-10-27)8-11-31(32)41-33(44)17-23-6-7-24(15-29(23)39)30-2-1-3-34(42-30)48-19-26-5-4-22(18-40)14-28(26)38/h1-8,11,14-16,27H,9-10,12-13,17,19-21H2,(H,43,45). The highest BCUT2D eigenvalue weighted by atomic mass is 32.2. The lowest BCUT2D eigenvalue weighted by Gasteiger charge is -2.16. The van der Waals surface area contributed by atoms with Crippen LogP contribution >= 0.6 is 0 Å². The van der Waals surface area contributed by atoms with Crippen LogP contribution in [0.2, 0.25) is 0 Å². The number of nitriles is 1. The molecule has 0 unspecified atom stereocenters. The Labute approximate surface area is 280 Å². The first-order valence-corrected chi connectivity index (χ1v) is 17.3. The van der Waals surface area contributed by atoms with E-state index in [0.29, 0.717) is 59.4 Å². The van der Waals surface area contributed by atoms with Crippen LogP contribution in [0, 0.1) is 28.4 Å². The molecular formula is C36H30F3N5O4S. The smallest absolute Gasteiger partial charge is 0.264 e. The van der Waals surface area contributed by atoms with Crippen LogP contribution in [0.3, 0.4) is 0 Å². The van der Waals surface area contributed by atoms with E-state index in [0.717, 1.165) is 6.07 Å². The summed E-state index contributed by atoms with van der Waals surface area (Å²) >= 11 is 0. The van der Waals surface area contributed by atoms with Crippen molar-refractivity contribution in [2.24, 2.45) is 5.41 Å². The van der Waals surface area contributed by atoms with Gasteiger partial charge in [0, 0.05) is 41.1 Å². The number of rotatable bonds is 12. The van der Waals surface area contributed by atoms with E-state index >= 15 is 4.39 Å². The van der Waals surface area contributed by atoms with Crippen LogP contribution in [0.1, 0.15) is 58.6 Å². The quantitative estimate of drug-likeness (QED) is 0.161. The number of hydrogen-bond donors (Lipinski definition) is 1. The van der Waals surface area contributed by atoms with Crippen molar-refractivity contribution in [1.82, 2.24) is 19.3 Å². The van der Waals surface area contributed by atoms with Crippen molar-refractivity contribution >= 4 is 27.0 Å². The summed E-state index contributed by atoms with van der Waals surface area (Å²) in [5.74, 6) is -1.14. The first-order chi connectivity index (χ1) is 23.6. The van der Waals surface area contributed by atoms with Gasteiger partial charge in [0.2, 0.25) is 15.9 Å². The molecule has 1 N–H and O–H groups in total. The maximum Gasteiger partial charge on any atom is 0.264 e. The molecule has 3 aromatic carbocycles. The summed E-state index contributed by atoms with van der Waals surface area (Å²) in [6.45, 7) is -0.367. The van der Waals surface area contributed by atoms with Gasteiger partial charge in [-0.15, -0.1) is 0 Å². The summed E-state index contributed by atoms with van der Waals surface area (Å²) in [5.41, 5.74) is 2.33. The van der Waals surface area contributed by atoms with Crippen LogP contribution < -0.4 is 9.46 Å². The summed E-state index contributed by atoms with van der Waals surface area (Å²) in [7, 11) is -3.75. The molecule has 7 rings (SSSR count). The van der Waals surface area contributed by atoms with Crippen molar-refractivity contribution in [1.29, 1.82) is 5.26 Å². The van der Waals surface area contributed by atoms with E-state index in [1.807, 2.05) is 6.07 Å². The number of imidazole rings is 1. The molecule has 2 heterocycles. The average Bonchev–Trinajstić information content (AvgIpc) is 4.03. The number of benzene rings is 3. The molecule has 1 amide bonds. The van der Waals surface area contributed by atoms with E-state index < -0.39 is 44.9 Å². The van der Waals surface area contributed by atoms with Gasteiger partial charge in [0.25, 0.3) is 5.91 Å². The topological polar surface area (TPSA) is 127 Å². The second kappa shape index (κ2) is 12.7. The molecule has 0 atom stereocenters. The number of pyridine rings is 1. The Hall–Kier alpha value is -5.22. The third kappa shape index (κ3) is 6.87. The minimum Gasteiger partial charge on any atom is -0.473 e. The van der Waals surface area contributed by atoms with Crippen LogP contribution in [0.25, 0.3) is 22.3 Å². The van der Waals surface area contributed by atoms with E-state index in [4.69, 9.17) is 15.0 Å². The Balaban J connectivity index is 1.13. The maximum absolute atomic E-state index is 15.7. The van der Waals surface area contributed by atoms with E-state index in [9.17, 15) is 22.0 Å². The van der Waals surface area contributed by atoms with Crippen LogP contribution in [0.4, 0.5) is 13.2 Å². The molecule has 5 aromatic rings. The van der Waals surface area contributed by atoms with Gasteiger partial charge in [-0.1, -0.05) is 24.3 Å². The fraction of sp³-hybridized carbons (Fsp3) is 0.278. The molecule has 9 nitrogen and oxygen atoms in total. The van der Waals surface area contributed by atoms with Crippen LogP contribution in [0.15, 0.2) is 72.8 Å². The Kier molecular flexibility index (Phi) is 8.36. The normalized spacial score (nSPS) is 15.1. The van der Waals surface area contributed by atoms with Crippen molar-refractivity contribution in [2.75, 3.05) is 6.67 Å². The zero-order valence-electron chi connectivity index (χ0n) is 26.1. The molecule has 0 saturated heterocycles. The molecule has 2 saturated carbocycles. The Bertz CT molecular complexity index is 2260. The van der Waals surface area contributed by atoms with Gasteiger partial charge in [-0.3, -0.25) is 9.18 Å². The molecule has 2 aliphatic carbocycles. The Morgan fingerprint density at radius 1 is 1.00 bits per heavy atom. The van der Waals surface area contributed by atoms with E-state index in [1.54, 1.807) is 47.0 Å². The molecule has 13 heteroatoms. The highest BCUT2D eigenvalue weighted by Gasteiger charge is 2.44. The first kappa shape index (κ1) is 32.3. The lowest BCUT2D eigenvalue weighted by Crippen LogP contribution is -2.33. The third-order valence-corrected chi connectivity index (χ3v) is 10.8. The fourth-order valence-corrected chi connectivity index (χ4v) is 6.98. The van der Waals surface area contributed by atoms with Gasteiger partial charge in [-0.05, 0) is 73.7 Å². The number of aromatic nitrogens is 3. The van der Waals surface area contributed by atoms with E-state index in [2.05, 4.69) is 9.71 Å². The number of halogens is 3. The van der Waals surface area contributed by atoms with Crippen molar-refractivity contribution in [3.05, 3.63) is 113 Å². The molecule has 2 aliphatic rings. The summed E-state index contributed by atoms with van der Waals surface area (Å²) in [5, 5.41) is 8.39. The van der Waals surface area contributed by atoms with Crippen molar-refractivity contribution in [2.45, 2.75) is 50.5 Å². The number of carbonyl (C=O) groups excluding carboxylic acids is 1. The number of hydrogen-bond acceptors (Lipinski definition) is 7. The van der Waals surface area contributed by atoms with Crippen molar-refractivity contribution < 1.29 is 31.1 Å². The van der Waals surface area contributed by atoms with Crippen molar-refractivity contribution in [3.63, 3.8) is 0 Å². The fourth-order valence-electron chi connectivity index (χ4n) is 5.68. The van der Waals surface area contributed by atoms with Gasteiger partial charge < -0.3 is 9.30 Å². The van der Waals surface area contributed by atoms with Gasteiger partial charge in [-0.25, -0.2) is 31.9 Å². The summed E-state index contributed by atoms with van der Waals surface area (Å²) in [4.78, 5) is 22.0. The van der Waals surface area contributed by atoms with E-state index in [1.165, 1.54) is 24.3 Å². The molecule has 0 bridgehead atoms. The average molecular weight is 686 g/mol. The van der Waals surface area contributed by atoms with Crippen molar-refractivity contribution in [3.8, 4) is 23.2 Å². The SMILES string of the molecule is N#Cc1ccc(COc2cccc(-c3ccc(Cc4nc5ccc(C(=O)NS(=O)(=O)C6CC6)cc5n4CC4(CF)CC4)c(F)c3)n2)c(F)c1. The molecule has 0 aliphatic heterocycles. The van der Waals surface area contributed by atoms with Crippen LogP contribution in [-0.2, 0) is 29.6 Å². The lowest BCUT2D eigenvalue weighted by molar-refractivity contribution is 0.0981. The molecule has 49 heavy (non-hydrogen) atoms. The largest absolute Gasteiger partial charge is 0.473 e. The molecule has 2 fully saturated rings. The maximum atomic E-state index is 15.7. The number of nitrogens with zero attached hydrogens (tertiary/aromatic N) is 4. The van der Waals surface area contributed by atoms with Gasteiger partial charge in [0.05, 0.1) is 40.3 Å². The lowest BCUT2D eigenvalue weighted by atomic mass is 10.0. The highest BCUT2D eigenvalue weighted by molar-refractivity contribution is 7.91. The zero-order chi connectivity index (χ0) is 34.3. The first-order valence-electron chi connectivity index (χ1n) is 15.7. The Morgan fingerprint density at radius 2 is 1.78 bits per heavy atom. The van der Waals surface area contributed by atoms with Gasteiger partial charge in [0.15, 0.2) is 0 Å². The van der Waals surface area contributed by atoms with E-state index in [-0.39, 0.29) is 42.1 Å². The number of alkyl halides is 1. The minimum absolute atomic E-state index is 0.0769. The van der Waals surface area contributed by atoms with Gasteiger partial charge in [-0.2, -0.15) is 5.26 Å². The summed E-state index contributed by atoms with van der Waals surface area (Å²) < 4.78 is 78.4. The van der Waals surface area contributed by atoms with Gasteiger partial charge >= 0.3 is 0 Å². The highest BCUT2D eigenvalue weighted by Crippen LogP contribution is 2.48. The Morgan fingerprint density at radius 3 is 2.47 bits per heavy atom.